The second kappa shape index (κ2) is 4.17. The van der Waals surface area contributed by atoms with Crippen molar-refractivity contribution < 1.29 is 4.79 Å². The lowest BCUT2D eigenvalue weighted by atomic mass is 9.82. The largest absolute Gasteiger partial charge is 0.284 e. The summed E-state index contributed by atoms with van der Waals surface area (Å²) in [7, 11) is 0. The van der Waals surface area contributed by atoms with Crippen LogP contribution in [0.3, 0.4) is 0 Å². The van der Waals surface area contributed by atoms with Crippen LogP contribution in [0, 0.1) is 28.6 Å². The van der Waals surface area contributed by atoms with E-state index in [1.807, 2.05) is 20.8 Å². The van der Waals surface area contributed by atoms with Gasteiger partial charge in [0, 0.05) is 11.3 Å². The lowest BCUT2D eigenvalue weighted by Crippen LogP contribution is -2.19. The number of hydrogen-bond donors (Lipinski definition) is 0. The Kier molecular flexibility index (Phi) is 3.94. The second-order valence-electron chi connectivity index (χ2n) is 5.94. The summed E-state index contributed by atoms with van der Waals surface area (Å²) in [4.78, 5) is 11.5. The Morgan fingerprint density at radius 3 is 1.79 bits per heavy atom. The third kappa shape index (κ3) is 4.46. The van der Waals surface area contributed by atoms with Gasteiger partial charge in [0.2, 0.25) is 5.78 Å². The monoisotopic (exact) mass is 194 g/mol. The Morgan fingerprint density at radius 2 is 1.50 bits per heavy atom. The summed E-state index contributed by atoms with van der Waals surface area (Å²) in [5, 5.41) is 0. The van der Waals surface area contributed by atoms with Crippen LogP contribution in [0.15, 0.2) is 0 Å². The van der Waals surface area contributed by atoms with Gasteiger partial charge >= 0.3 is 0 Å². The number of carbonyl (C=O) groups is 1. The molecular formula is C13H22O. The van der Waals surface area contributed by atoms with Crippen LogP contribution in [-0.2, 0) is 4.79 Å². The topological polar surface area (TPSA) is 17.1 Å². The summed E-state index contributed by atoms with van der Waals surface area (Å²) in [5.74, 6) is 6.04. The first-order valence-corrected chi connectivity index (χ1v) is 5.11. The van der Waals surface area contributed by atoms with Crippen molar-refractivity contribution in [3.8, 4) is 11.8 Å². The molecule has 0 bridgehead atoms. The highest BCUT2D eigenvalue weighted by molar-refractivity contribution is 5.99. The van der Waals surface area contributed by atoms with E-state index in [-0.39, 0.29) is 22.5 Å². The van der Waals surface area contributed by atoms with Crippen LogP contribution in [0.5, 0.6) is 0 Å². The molecular weight excluding hydrogens is 172 g/mol. The fraction of sp³-hybridized carbons (Fsp3) is 0.769. The highest BCUT2D eigenvalue weighted by Gasteiger charge is 2.21. The number of rotatable bonds is 0. The van der Waals surface area contributed by atoms with Crippen molar-refractivity contribution in [2.45, 2.75) is 48.5 Å². The molecule has 1 heteroatoms. The standard InChI is InChI=1S/C13H22O/c1-10(12(2,3)4)8-9-11(14)13(5,6)7/h10H,1-7H3/t10-/m1/s1. The molecule has 0 N–H and O–H groups in total. The van der Waals surface area contributed by atoms with Gasteiger partial charge in [-0.15, -0.1) is 0 Å². The van der Waals surface area contributed by atoms with E-state index >= 15 is 0 Å². The molecule has 0 aromatic heterocycles. The zero-order valence-corrected chi connectivity index (χ0v) is 10.5. The fourth-order valence-electron chi connectivity index (χ4n) is 0.578. The third-order valence-electron chi connectivity index (χ3n) is 2.38. The van der Waals surface area contributed by atoms with Crippen molar-refractivity contribution in [1.29, 1.82) is 0 Å². The molecule has 0 aromatic rings. The van der Waals surface area contributed by atoms with Gasteiger partial charge in [0.05, 0.1) is 0 Å². The Bertz CT molecular complexity index is 262. The van der Waals surface area contributed by atoms with Crippen LogP contribution in [0.4, 0.5) is 0 Å². The molecule has 0 unspecified atom stereocenters. The van der Waals surface area contributed by atoms with Gasteiger partial charge in [0.15, 0.2) is 0 Å². The molecule has 1 atom stereocenters. The number of ketones is 1. The summed E-state index contributed by atoms with van der Waals surface area (Å²) in [6, 6.07) is 0. The molecule has 1 nitrogen and oxygen atoms in total. The average Bonchev–Trinajstić information content (AvgIpc) is 1.95. The molecule has 0 heterocycles. The van der Waals surface area contributed by atoms with Gasteiger partial charge < -0.3 is 0 Å². The van der Waals surface area contributed by atoms with E-state index in [1.165, 1.54) is 0 Å². The van der Waals surface area contributed by atoms with Gasteiger partial charge in [-0.2, -0.15) is 0 Å². The van der Waals surface area contributed by atoms with E-state index in [9.17, 15) is 4.79 Å². The molecule has 80 valence electrons. The lowest BCUT2D eigenvalue weighted by molar-refractivity contribution is -0.120. The molecule has 0 aliphatic rings. The normalized spacial score (nSPS) is 14.2. The van der Waals surface area contributed by atoms with Crippen molar-refractivity contribution in [2.75, 3.05) is 0 Å². The molecule has 0 saturated carbocycles. The zero-order valence-electron chi connectivity index (χ0n) is 10.5. The zero-order chi connectivity index (χ0) is 11.6. The highest BCUT2D eigenvalue weighted by Crippen LogP contribution is 2.24. The molecule has 0 spiro atoms. The molecule has 0 amide bonds. The minimum atomic E-state index is -0.343. The van der Waals surface area contributed by atoms with Gasteiger partial charge in [-0.25, -0.2) is 0 Å². The van der Waals surface area contributed by atoms with E-state index in [1.54, 1.807) is 0 Å². The van der Waals surface area contributed by atoms with E-state index in [4.69, 9.17) is 0 Å². The molecule has 0 aliphatic heterocycles. The van der Waals surface area contributed by atoms with Crippen LogP contribution in [0.25, 0.3) is 0 Å². The Balaban J connectivity index is 4.55. The van der Waals surface area contributed by atoms with Crippen LogP contribution in [0.2, 0.25) is 0 Å². The summed E-state index contributed by atoms with van der Waals surface area (Å²) in [6.45, 7) is 14.1. The second-order valence-corrected chi connectivity index (χ2v) is 5.94. The molecule has 0 aromatic carbocycles. The summed E-state index contributed by atoms with van der Waals surface area (Å²) in [5.41, 5.74) is -0.199. The maximum Gasteiger partial charge on any atom is 0.210 e. The third-order valence-corrected chi connectivity index (χ3v) is 2.38. The summed E-state index contributed by atoms with van der Waals surface area (Å²) < 4.78 is 0. The first-order valence-electron chi connectivity index (χ1n) is 5.11. The summed E-state index contributed by atoms with van der Waals surface area (Å²) >= 11 is 0. The maximum absolute atomic E-state index is 11.5. The quantitative estimate of drug-likeness (QED) is 0.427. The van der Waals surface area contributed by atoms with Crippen molar-refractivity contribution in [1.82, 2.24) is 0 Å². The predicted octanol–water partition coefficient (Wildman–Crippen LogP) is 3.29. The van der Waals surface area contributed by atoms with Gasteiger partial charge in [0.1, 0.15) is 0 Å². The van der Waals surface area contributed by atoms with Crippen LogP contribution in [-0.4, -0.2) is 5.78 Å². The average molecular weight is 194 g/mol. The van der Waals surface area contributed by atoms with E-state index in [0.717, 1.165) is 0 Å². The molecule has 0 saturated heterocycles. The Morgan fingerprint density at radius 1 is 1.07 bits per heavy atom. The van der Waals surface area contributed by atoms with Crippen LogP contribution >= 0.6 is 0 Å². The molecule has 14 heavy (non-hydrogen) atoms. The maximum atomic E-state index is 11.5. The van der Waals surface area contributed by atoms with E-state index < -0.39 is 0 Å². The lowest BCUT2D eigenvalue weighted by Gasteiger charge is -2.22. The molecule has 0 fully saturated rings. The van der Waals surface area contributed by atoms with Crippen molar-refractivity contribution in [3.63, 3.8) is 0 Å². The minimum absolute atomic E-state index is 0.0219. The predicted molar refractivity (Wildman–Crippen MR) is 60.9 cm³/mol. The van der Waals surface area contributed by atoms with Gasteiger partial charge in [-0.1, -0.05) is 54.4 Å². The number of carbonyl (C=O) groups excluding carboxylic acids is 1. The van der Waals surface area contributed by atoms with Gasteiger partial charge in [-0.3, -0.25) is 4.79 Å². The number of hydrogen-bond acceptors (Lipinski definition) is 1. The van der Waals surface area contributed by atoms with Gasteiger partial charge in [0.25, 0.3) is 0 Å². The first kappa shape index (κ1) is 13.2. The minimum Gasteiger partial charge on any atom is -0.284 e. The smallest absolute Gasteiger partial charge is 0.210 e. The van der Waals surface area contributed by atoms with Crippen molar-refractivity contribution in [3.05, 3.63) is 0 Å². The van der Waals surface area contributed by atoms with Crippen molar-refractivity contribution in [2.24, 2.45) is 16.7 Å². The molecule has 0 rings (SSSR count). The molecule has 0 aliphatic carbocycles. The highest BCUT2D eigenvalue weighted by atomic mass is 16.1. The van der Waals surface area contributed by atoms with Crippen molar-refractivity contribution >= 4 is 5.78 Å². The molecule has 0 radical (unpaired) electrons. The fourth-order valence-corrected chi connectivity index (χ4v) is 0.578. The van der Waals surface area contributed by atoms with E-state index in [0.29, 0.717) is 0 Å². The van der Waals surface area contributed by atoms with Gasteiger partial charge in [-0.05, 0) is 11.3 Å². The Hall–Kier alpha value is -0.770. The van der Waals surface area contributed by atoms with E-state index in [2.05, 4.69) is 39.5 Å². The van der Waals surface area contributed by atoms with Crippen LogP contribution in [0.1, 0.15) is 48.5 Å². The summed E-state index contributed by atoms with van der Waals surface area (Å²) in [6.07, 6.45) is 0. The first-order chi connectivity index (χ1) is 6.05. The number of Topliss-reactive ketones (excluding diaryl/α,β-unsaturated/α-hetero) is 1. The Labute approximate surface area is 88.3 Å². The SMILES string of the molecule is C[C@H](C#CC(=O)C(C)(C)C)C(C)(C)C. The van der Waals surface area contributed by atoms with Crippen LogP contribution < -0.4 is 0 Å².